The van der Waals surface area contributed by atoms with Gasteiger partial charge >= 0.3 is 0 Å². The van der Waals surface area contributed by atoms with E-state index in [2.05, 4.69) is 20.9 Å². The molecule has 3 rings (SSSR count). The van der Waals surface area contributed by atoms with Crippen LogP contribution in [0.2, 0.25) is 0 Å². The Kier molecular flexibility index (Phi) is 5.35. The summed E-state index contributed by atoms with van der Waals surface area (Å²) in [6, 6.07) is 12.4. The molecule has 1 aromatic heterocycles. The predicted molar refractivity (Wildman–Crippen MR) is 98.2 cm³/mol. The molecule has 6 nitrogen and oxygen atoms in total. The minimum absolute atomic E-state index is 0.0648. The van der Waals surface area contributed by atoms with Gasteiger partial charge in [0, 0.05) is 4.47 Å². The maximum absolute atomic E-state index is 12.5. The average Bonchev–Trinajstić information content (AvgIpc) is 2.63. The molecule has 0 aliphatic heterocycles. The molecule has 0 saturated carbocycles. The highest BCUT2D eigenvalue weighted by molar-refractivity contribution is 9.10. The van der Waals surface area contributed by atoms with Crippen molar-refractivity contribution in [2.24, 2.45) is 0 Å². The number of methoxy groups -OCH3 is 1. The molecule has 0 aliphatic carbocycles. The molecule has 3 aromatic rings. The number of hydrogen-bond acceptors (Lipinski definition) is 5. The van der Waals surface area contributed by atoms with Crippen molar-refractivity contribution < 1.29 is 14.6 Å². The van der Waals surface area contributed by atoms with Gasteiger partial charge in [0.25, 0.3) is 5.56 Å². The first kappa shape index (κ1) is 17.4. The van der Waals surface area contributed by atoms with Crippen LogP contribution in [0.4, 0.5) is 0 Å². The van der Waals surface area contributed by atoms with Crippen molar-refractivity contribution in [3.8, 4) is 11.5 Å². The summed E-state index contributed by atoms with van der Waals surface area (Å²) >= 11 is 3.35. The lowest BCUT2D eigenvalue weighted by Crippen LogP contribution is -2.30. The Labute approximate surface area is 152 Å². The van der Waals surface area contributed by atoms with Crippen molar-refractivity contribution in [3.05, 3.63) is 63.6 Å². The van der Waals surface area contributed by atoms with E-state index in [1.165, 1.54) is 10.9 Å². The second kappa shape index (κ2) is 7.67. The van der Waals surface area contributed by atoms with Gasteiger partial charge in [-0.2, -0.15) is 0 Å². The van der Waals surface area contributed by atoms with Crippen LogP contribution in [0.15, 0.2) is 58.1 Å². The number of aromatic nitrogens is 2. The predicted octanol–water partition coefficient (Wildman–Crippen LogP) is 2.61. The summed E-state index contributed by atoms with van der Waals surface area (Å²) in [5, 5.41) is 10.7. The van der Waals surface area contributed by atoms with Gasteiger partial charge in [-0.3, -0.25) is 9.36 Å². The highest BCUT2D eigenvalue weighted by Gasteiger charge is 2.10. The number of benzene rings is 2. The summed E-state index contributed by atoms with van der Waals surface area (Å²) in [7, 11) is 1.59. The standard InChI is InChI=1S/C18H17BrN2O4/c1-24-14-3-5-15(6-4-14)25-10-13(22)9-21-11-20-17-7-2-12(19)8-16(17)18(21)23/h2-8,11,13,22H,9-10H2,1H3/t13-/m0/s1. The summed E-state index contributed by atoms with van der Waals surface area (Å²) < 4.78 is 12.8. The normalized spacial score (nSPS) is 12.1. The van der Waals surface area contributed by atoms with Crippen molar-refractivity contribution in [2.45, 2.75) is 12.6 Å². The number of aliphatic hydroxyl groups is 1. The molecular formula is C18H17BrN2O4. The molecular weight excluding hydrogens is 388 g/mol. The zero-order valence-corrected chi connectivity index (χ0v) is 15.1. The molecule has 0 radical (unpaired) electrons. The molecule has 1 atom stereocenters. The van der Waals surface area contributed by atoms with Crippen LogP contribution in [0.1, 0.15) is 0 Å². The molecule has 1 N–H and O–H groups in total. The Morgan fingerprint density at radius 2 is 1.92 bits per heavy atom. The lowest BCUT2D eigenvalue weighted by molar-refractivity contribution is 0.0914. The van der Waals surface area contributed by atoms with Gasteiger partial charge < -0.3 is 14.6 Å². The Balaban J connectivity index is 1.68. The largest absolute Gasteiger partial charge is 0.497 e. The third-order valence-electron chi connectivity index (χ3n) is 3.70. The first-order valence-electron chi connectivity index (χ1n) is 7.66. The summed E-state index contributed by atoms with van der Waals surface area (Å²) in [6.07, 6.45) is 0.598. The summed E-state index contributed by atoms with van der Waals surface area (Å²) in [5.74, 6) is 1.35. The first-order valence-corrected chi connectivity index (χ1v) is 8.46. The molecule has 0 fully saturated rings. The van der Waals surface area contributed by atoms with Crippen LogP contribution < -0.4 is 15.0 Å². The van der Waals surface area contributed by atoms with Crippen LogP contribution in [-0.2, 0) is 6.54 Å². The SMILES string of the molecule is COc1ccc(OC[C@@H](O)Cn2cnc3ccc(Br)cc3c2=O)cc1. The number of nitrogens with zero attached hydrogens (tertiary/aromatic N) is 2. The van der Waals surface area contributed by atoms with E-state index in [9.17, 15) is 9.90 Å². The van der Waals surface area contributed by atoms with Gasteiger partial charge in [-0.05, 0) is 42.5 Å². The van der Waals surface area contributed by atoms with E-state index in [1.54, 1.807) is 43.5 Å². The van der Waals surface area contributed by atoms with E-state index < -0.39 is 6.10 Å². The number of rotatable bonds is 6. The minimum atomic E-state index is -0.841. The molecule has 7 heteroatoms. The highest BCUT2D eigenvalue weighted by Crippen LogP contribution is 2.17. The van der Waals surface area contributed by atoms with Crippen LogP contribution in [0.5, 0.6) is 11.5 Å². The Morgan fingerprint density at radius 1 is 1.20 bits per heavy atom. The van der Waals surface area contributed by atoms with Crippen molar-refractivity contribution in [1.29, 1.82) is 0 Å². The molecule has 1 heterocycles. The molecule has 2 aromatic carbocycles. The smallest absolute Gasteiger partial charge is 0.261 e. The number of fused-ring (bicyclic) bond motifs is 1. The van der Waals surface area contributed by atoms with E-state index >= 15 is 0 Å². The first-order chi connectivity index (χ1) is 12.1. The number of aliphatic hydroxyl groups excluding tert-OH is 1. The molecule has 0 amide bonds. The second-order valence-electron chi connectivity index (χ2n) is 5.50. The third kappa shape index (κ3) is 4.18. The number of hydrogen-bond donors (Lipinski definition) is 1. The Hall–Kier alpha value is -2.38. The number of ether oxygens (including phenoxy) is 2. The zero-order chi connectivity index (χ0) is 17.8. The molecule has 25 heavy (non-hydrogen) atoms. The van der Waals surface area contributed by atoms with Crippen molar-refractivity contribution >= 4 is 26.8 Å². The maximum atomic E-state index is 12.5. The zero-order valence-electron chi connectivity index (χ0n) is 13.6. The topological polar surface area (TPSA) is 73.6 Å². The van der Waals surface area contributed by atoms with Gasteiger partial charge in [0.2, 0.25) is 0 Å². The van der Waals surface area contributed by atoms with Crippen molar-refractivity contribution in [1.82, 2.24) is 9.55 Å². The van der Waals surface area contributed by atoms with Crippen LogP contribution in [-0.4, -0.2) is 34.5 Å². The fraction of sp³-hybridized carbons (Fsp3) is 0.222. The van der Waals surface area contributed by atoms with Crippen LogP contribution in [0, 0.1) is 0 Å². The fourth-order valence-corrected chi connectivity index (χ4v) is 2.77. The van der Waals surface area contributed by atoms with E-state index in [-0.39, 0.29) is 18.7 Å². The van der Waals surface area contributed by atoms with Gasteiger partial charge in [0.15, 0.2) is 0 Å². The van der Waals surface area contributed by atoms with E-state index in [1.807, 2.05) is 6.07 Å². The quantitative estimate of drug-likeness (QED) is 0.683. The minimum Gasteiger partial charge on any atom is -0.497 e. The van der Waals surface area contributed by atoms with Crippen LogP contribution in [0.3, 0.4) is 0 Å². The number of halogens is 1. The van der Waals surface area contributed by atoms with E-state index in [4.69, 9.17) is 9.47 Å². The molecule has 0 spiro atoms. The maximum Gasteiger partial charge on any atom is 0.261 e. The Bertz CT molecular complexity index is 925. The van der Waals surface area contributed by atoms with Gasteiger partial charge in [-0.1, -0.05) is 15.9 Å². The fourth-order valence-electron chi connectivity index (χ4n) is 2.41. The molecule has 130 valence electrons. The average molecular weight is 405 g/mol. The van der Waals surface area contributed by atoms with Crippen molar-refractivity contribution in [2.75, 3.05) is 13.7 Å². The summed E-state index contributed by atoms with van der Waals surface area (Å²) in [6.45, 7) is 0.166. The van der Waals surface area contributed by atoms with Gasteiger partial charge in [0.1, 0.15) is 24.2 Å². The molecule has 0 unspecified atom stereocenters. The van der Waals surface area contributed by atoms with Crippen LogP contribution in [0.25, 0.3) is 10.9 Å². The van der Waals surface area contributed by atoms with Gasteiger partial charge in [0.05, 0.1) is 30.9 Å². The summed E-state index contributed by atoms with van der Waals surface area (Å²) in [5.41, 5.74) is 0.420. The third-order valence-corrected chi connectivity index (χ3v) is 4.19. The second-order valence-corrected chi connectivity index (χ2v) is 6.42. The Morgan fingerprint density at radius 3 is 2.64 bits per heavy atom. The molecule has 0 aliphatic rings. The lowest BCUT2D eigenvalue weighted by Gasteiger charge is -2.14. The molecule has 0 bridgehead atoms. The lowest BCUT2D eigenvalue weighted by atomic mass is 10.2. The van der Waals surface area contributed by atoms with Gasteiger partial charge in [-0.15, -0.1) is 0 Å². The van der Waals surface area contributed by atoms with E-state index in [0.717, 1.165) is 10.2 Å². The van der Waals surface area contributed by atoms with Crippen molar-refractivity contribution in [3.63, 3.8) is 0 Å². The highest BCUT2D eigenvalue weighted by atomic mass is 79.9. The van der Waals surface area contributed by atoms with E-state index in [0.29, 0.717) is 16.7 Å². The summed E-state index contributed by atoms with van der Waals surface area (Å²) in [4.78, 5) is 16.7. The van der Waals surface area contributed by atoms with Gasteiger partial charge in [-0.25, -0.2) is 4.98 Å². The monoisotopic (exact) mass is 404 g/mol. The van der Waals surface area contributed by atoms with Crippen LogP contribution >= 0.6 is 15.9 Å². The molecule has 0 saturated heterocycles.